The number of likely N-dealkylation sites (N-methyl/N-ethyl adjacent to an activating group) is 1. The largest absolute Gasteiger partial charge is 0.358 e. The molecule has 1 aliphatic heterocycles. The van der Waals surface area contributed by atoms with Crippen molar-refractivity contribution in [3.63, 3.8) is 0 Å². The Morgan fingerprint density at radius 1 is 1.06 bits per heavy atom. The second-order valence-electron chi connectivity index (χ2n) is 8.03. The van der Waals surface area contributed by atoms with Gasteiger partial charge in [-0.3, -0.25) is 9.79 Å². The number of nitrogens with zero attached hydrogens (tertiary/aromatic N) is 4. The summed E-state index contributed by atoms with van der Waals surface area (Å²) in [5.74, 6) is -0.194. The topological polar surface area (TPSA) is 62.5 Å². The van der Waals surface area contributed by atoms with E-state index in [1.807, 2.05) is 55.3 Å². The number of anilines is 1. The van der Waals surface area contributed by atoms with Crippen molar-refractivity contribution in [2.24, 2.45) is 4.99 Å². The lowest BCUT2D eigenvalue weighted by Crippen LogP contribution is -2.23. The summed E-state index contributed by atoms with van der Waals surface area (Å²) >= 11 is 3.48. The van der Waals surface area contributed by atoms with Gasteiger partial charge in [-0.2, -0.15) is 5.10 Å². The summed E-state index contributed by atoms with van der Waals surface area (Å²) in [7, 11) is 1.93. The number of amidine groups is 1. The first-order chi connectivity index (χ1) is 15.9. The lowest BCUT2D eigenvalue weighted by atomic mass is 10.1. The standard InChI is InChI=1S/C25H21BrFN5O/c1-15-11-23(32(30-15)20-7-4-16-12-19(26)6-3-17(16)13-20)25(33)29-22-8-5-18(14-21(22)27)24-28-9-10-31(24)2/h3-8,11-14H,9-10H2,1-2H3,(H,29,33). The zero-order valence-electron chi connectivity index (χ0n) is 18.1. The summed E-state index contributed by atoms with van der Waals surface area (Å²) in [6.45, 7) is 3.33. The first kappa shape index (κ1) is 21.3. The molecule has 4 aromatic rings. The highest BCUT2D eigenvalue weighted by molar-refractivity contribution is 9.10. The van der Waals surface area contributed by atoms with Gasteiger partial charge < -0.3 is 10.2 Å². The molecule has 2 heterocycles. The molecule has 0 saturated heterocycles. The molecule has 0 bridgehead atoms. The van der Waals surface area contributed by atoms with Crippen LogP contribution in [-0.4, -0.2) is 46.6 Å². The van der Waals surface area contributed by atoms with Crippen molar-refractivity contribution >= 4 is 44.1 Å². The summed E-state index contributed by atoms with van der Waals surface area (Å²) in [6, 6.07) is 18.3. The van der Waals surface area contributed by atoms with E-state index in [9.17, 15) is 9.18 Å². The molecule has 3 aromatic carbocycles. The maximum atomic E-state index is 14.8. The molecule has 1 aliphatic rings. The van der Waals surface area contributed by atoms with Gasteiger partial charge >= 0.3 is 0 Å². The first-order valence-electron chi connectivity index (χ1n) is 10.5. The molecule has 5 rings (SSSR count). The molecule has 0 spiro atoms. The summed E-state index contributed by atoms with van der Waals surface area (Å²) in [4.78, 5) is 19.5. The van der Waals surface area contributed by atoms with E-state index in [2.05, 4.69) is 31.3 Å². The van der Waals surface area contributed by atoms with Crippen LogP contribution in [0.2, 0.25) is 0 Å². The maximum Gasteiger partial charge on any atom is 0.274 e. The first-order valence-corrected chi connectivity index (χ1v) is 11.3. The predicted molar refractivity (Wildman–Crippen MR) is 132 cm³/mol. The number of hydrogen-bond acceptors (Lipinski definition) is 4. The zero-order valence-corrected chi connectivity index (χ0v) is 19.7. The number of halogens is 2. The van der Waals surface area contributed by atoms with Crippen LogP contribution in [0.4, 0.5) is 10.1 Å². The molecule has 0 fully saturated rings. The maximum absolute atomic E-state index is 14.8. The lowest BCUT2D eigenvalue weighted by Gasteiger charge is -2.15. The number of aryl methyl sites for hydroxylation is 1. The van der Waals surface area contributed by atoms with Gasteiger partial charge in [0.05, 0.1) is 23.6 Å². The number of carbonyl (C=O) groups is 1. The molecule has 0 saturated carbocycles. The Hall–Kier alpha value is -3.52. The highest BCUT2D eigenvalue weighted by Gasteiger charge is 2.19. The van der Waals surface area contributed by atoms with Gasteiger partial charge in [0.15, 0.2) is 0 Å². The third-order valence-electron chi connectivity index (χ3n) is 5.63. The Bertz CT molecular complexity index is 1430. The SMILES string of the molecule is Cc1cc(C(=O)Nc2ccc(C3=NCCN3C)cc2F)n(-c2ccc3cc(Br)ccc3c2)n1. The van der Waals surface area contributed by atoms with Crippen LogP contribution in [0.3, 0.4) is 0 Å². The minimum Gasteiger partial charge on any atom is -0.358 e. The van der Waals surface area contributed by atoms with Gasteiger partial charge in [-0.05, 0) is 66.2 Å². The van der Waals surface area contributed by atoms with Gasteiger partial charge in [-0.1, -0.05) is 28.1 Å². The molecule has 0 atom stereocenters. The van der Waals surface area contributed by atoms with E-state index in [1.54, 1.807) is 22.9 Å². The smallest absolute Gasteiger partial charge is 0.274 e. The number of rotatable bonds is 4. The monoisotopic (exact) mass is 505 g/mol. The van der Waals surface area contributed by atoms with Crippen molar-refractivity contribution in [2.75, 3.05) is 25.5 Å². The summed E-state index contributed by atoms with van der Waals surface area (Å²) < 4.78 is 17.4. The van der Waals surface area contributed by atoms with E-state index < -0.39 is 11.7 Å². The van der Waals surface area contributed by atoms with E-state index in [0.29, 0.717) is 23.5 Å². The van der Waals surface area contributed by atoms with Crippen LogP contribution >= 0.6 is 15.9 Å². The molecular weight excluding hydrogens is 485 g/mol. The van der Waals surface area contributed by atoms with Gasteiger partial charge in [0.25, 0.3) is 5.91 Å². The molecule has 166 valence electrons. The number of hydrogen-bond donors (Lipinski definition) is 1. The van der Waals surface area contributed by atoms with Crippen molar-refractivity contribution in [3.05, 3.63) is 87.9 Å². The van der Waals surface area contributed by atoms with E-state index in [-0.39, 0.29) is 5.69 Å². The number of fused-ring (bicyclic) bond motifs is 1. The minimum atomic E-state index is -0.511. The quantitative estimate of drug-likeness (QED) is 0.415. The second kappa shape index (κ2) is 8.44. The number of carbonyl (C=O) groups excluding carboxylic acids is 1. The van der Waals surface area contributed by atoms with Gasteiger partial charge in [-0.25, -0.2) is 9.07 Å². The van der Waals surface area contributed by atoms with Crippen molar-refractivity contribution in [1.82, 2.24) is 14.7 Å². The number of nitrogens with one attached hydrogen (secondary N) is 1. The van der Waals surface area contributed by atoms with Crippen LogP contribution in [0.25, 0.3) is 16.5 Å². The normalized spacial score (nSPS) is 13.5. The van der Waals surface area contributed by atoms with Crippen LogP contribution in [-0.2, 0) is 0 Å². The number of benzene rings is 3. The Morgan fingerprint density at radius 2 is 1.85 bits per heavy atom. The zero-order chi connectivity index (χ0) is 23.1. The fourth-order valence-corrected chi connectivity index (χ4v) is 4.36. The molecule has 0 unspecified atom stereocenters. The molecular formula is C25H21BrFN5O. The summed E-state index contributed by atoms with van der Waals surface area (Å²) in [6.07, 6.45) is 0. The highest BCUT2D eigenvalue weighted by Crippen LogP contribution is 2.24. The van der Waals surface area contributed by atoms with Gasteiger partial charge in [0.2, 0.25) is 0 Å². The molecule has 1 aromatic heterocycles. The Morgan fingerprint density at radius 3 is 2.61 bits per heavy atom. The van der Waals surface area contributed by atoms with Gasteiger partial charge in [0, 0.05) is 23.6 Å². The summed E-state index contributed by atoms with van der Waals surface area (Å²) in [5.41, 5.74) is 2.57. The van der Waals surface area contributed by atoms with E-state index in [1.165, 1.54) is 6.07 Å². The molecule has 33 heavy (non-hydrogen) atoms. The third kappa shape index (κ3) is 4.14. The Kier molecular flexibility index (Phi) is 5.46. The van der Waals surface area contributed by atoms with Crippen molar-refractivity contribution in [3.8, 4) is 5.69 Å². The number of aliphatic imine (C=N–C) groups is 1. The van der Waals surface area contributed by atoms with Crippen LogP contribution < -0.4 is 5.32 Å². The van der Waals surface area contributed by atoms with Gasteiger partial charge in [-0.15, -0.1) is 0 Å². The van der Waals surface area contributed by atoms with Crippen LogP contribution in [0, 0.1) is 12.7 Å². The van der Waals surface area contributed by atoms with Crippen LogP contribution in [0.1, 0.15) is 21.7 Å². The number of aromatic nitrogens is 2. The fourth-order valence-electron chi connectivity index (χ4n) is 3.98. The average Bonchev–Trinajstić information content (AvgIpc) is 3.40. The van der Waals surface area contributed by atoms with Gasteiger partial charge in [0.1, 0.15) is 17.3 Å². The van der Waals surface area contributed by atoms with E-state index >= 15 is 0 Å². The summed E-state index contributed by atoms with van der Waals surface area (Å²) in [5, 5.41) is 9.28. The Labute approximate surface area is 198 Å². The van der Waals surface area contributed by atoms with Crippen molar-refractivity contribution in [2.45, 2.75) is 6.92 Å². The van der Waals surface area contributed by atoms with Crippen molar-refractivity contribution in [1.29, 1.82) is 0 Å². The van der Waals surface area contributed by atoms with E-state index in [4.69, 9.17) is 0 Å². The molecule has 8 heteroatoms. The highest BCUT2D eigenvalue weighted by atomic mass is 79.9. The molecule has 1 amide bonds. The number of amides is 1. The van der Waals surface area contributed by atoms with Crippen LogP contribution in [0.15, 0.2) is 70.1 Å². The second-order valence-corrected chi connectivity index (χ2v) is 8.95. The lowest BCUT2D eigenvalue weighted by molar-refractivity contribution is 0.101. The van der Waals surface area contributed by atoms with Crippen LogP contribution in [0.5, 0.6) is 0 Å². The molecule has 1 N–H and O–H groups in total. The minimum absolute atomic E-state index is 0.110. The molecule has 0 aliphatic carbocycles. The Balaban J connectivity index is 1.44. The molecule has 0 radical (unpaired) electrons. The molecule has 6 nitrogen and oxygen atoms in total. The third-order valence-corrected chi connectivity index (χ3v) is 6.12. The predicted octanol–water partition coefficient (Wildman–Crippen LogP) is 5.18. The van der Waals surface area contributed by atoms with E-state index in [0.717, 1.165) is 33.3 Å². The van der Waals surface area contributed by atoms with Crippen molar-refractivity contribution < 1.29 is 9.18 Å². The fraction of sp³-hybridized carbons (Fsp3) is 0.160. The average molecular weight is 506 g/mol.